The number of carbonyl (C=O) groups is 2. The van der Waals surface area contributed by atoms with Gasteiger partial charge in [-0.05, 0) is 49.2 Å². The molecule has 0 aromatic heterocycles. The van der Waals surface area contributed by atoms with Crippen molar-refractivity contribution in [2.24, 2.45) is 0 Å². The van der Waals surface area contributed by atoms with Crippen LogP contribution in [0.3, 0.4) is 0 Å². The third kappa shape index (κ3) is 4.12. The average Bonchev–Trinajstić information content (AvgIpc) is 3.23. The molecule has 11 heteroatoms. The Balaban J connectivity index is 1.56. The molecule has 1 fully saturated rings. The van der Waals surface area contributed by atoms with Crippen molar-refractivity contribution in [3.8, 4) is 0 Å². The van der Waals surface area contributed by atoms with Crippen molar-refractivity contribution in [2.75, 3.05) is 23.1 Å². The zero-order valence-corrected chi connectivity index (χ0v) is 17.9. The van der Waals surface area contributed by atoms with Gasteiger partial charge in [0, 0.05) is 18.0 Å². The first-order valence-corrected chi connectivity index (χ1v) is 11.9. The smallest absolute Gasteiger partial charge is 0.262 e. The molecule has 1 atom stereocenters. The number of carbonyl (C=O) groups excluding carboxylic acids is 2. The molecular weight excluding hydrogens is 453 g/mol. The number of amides is 2. The lowest BCUT2D eigenvalue weighted by atomic mass is 10.2. The summed E-state index contributed by atoms with van der Waals surface area (Å²) in [4.78, 5) is 27.3. The molecule has 2 aliphatic rings. The Morgan fingerprint density at radius 1 is 1.20 bits per heavy atom. The van der Waals surface area contributed by atoms with Gasteiger partial charge in [-0.15, -0.1) is 11.8 Å². The molecule has 0 unspecified atom stereocenters. The van der Waals surface area contributed by atoms with E-state index in [0.29, 0.717) is 23.7 Å². The topological polar surface area (TPSA) is 95.6 Å². The van der Waals surface area contributed by atoms with Gasteiger partial charge in [0.2, 0.25) is 11.8 Å². The monoisotopic (exact) mass is 469 g/mol. The van der Waals surface area contributed by atoms with Crippen LogP contribution < -0.4 is 10.0 Å². The Bertz CT molecular complexity index is 1140. The number of nitrogens with one attached hydrogen (secondary N) is 2. The fourth-order valence-electron chi connectivity index (χ4n) is 3.30. The second-order valence-electron chi connectivity index (χ2n) is 6.91. The van der Waals surface area contributed by atoms with E-state index >= 15 is 0 Å². The number of rotatable bonds is 4. The van der Waals surface area contributed by atoms with E-state index in [0.717, 1.165) is 36.7 Å². The van der Waals surface area contributed by atoms with Crippen LogP contribution in [0.1, 0.15) is 12.8 Å². The minimum absolute atomic E-state index is 0.0328. The van der Waals surface area contributed by atoms with Crippen LogP contribution in [0.5, 0.6) is 0 Å². The summed E-state index contributed by atoms with van der Waals surface area (Å²) in [5.41, 5.74) is 0.342. The van der Waals surface area contributed by atoms with Crippen molar-refractivity contribution < 1.29 is 22.4 Å². The van der Waals surface area contributed by atoms with E-state index in [2.05, 4.69) is 10.0 Å². The van der Waals surface area contributed by atoms with E-state index in [-0.39, 0.29) is 21.5 Å². The van der Waals surface area contributed by atoms with Crippen LogP contribution in [0.25, 0.3) is 0 Å². The highest BCUT2D eigenvalue weighted by Gasteiger charge is 2.37. The maximum absolute atomic E-state index is 13.2. The molecule has 30 heavy (non-hydrogen) atoms. The fourth-order valence-corrected chi connectivity index (χ4v) is 5.73. The quantitative estimate of drug-likeness (QED) is 0.670. The first kappa shape index (κ1) is 21.0. The van der Waals surface area contributed by atoms with E-state index in [1.807, 2.05) is 0 Å². The molecule has 1 saturated heterocycles. The number of hydrogen-bond donors (Lipinski definition) is 2. The zero-order valence-electron chi connectivity index (χ0n) is 15.5. The Hall–Kier alpha value is -2.30. The van der Waals surface area contributed by atoms with Gasteiger partial charge in [0.25, 0.3) is 10.0 Å². The molecule has 0 spiro atoms. The first-order chi connectivity index (χ1) is 14.2. The highest BCUT2D eigenvalue weighted by molar-refractivity contribution is 8.01. The summed E-state index contributed by atoms with van der Waals surface area (Å²) in [5.74, 6) is -1.30. The molecule has 2 N–H and O–H groups in total. The molecule has 2 aliphatic heterocycles. The summed E-state index contributed by atoms with van der Waals surface area (Å²) >= 11 is 7.00. The number of hydrogen-bond acceptors (Lipinski definition) is 5. The molecular formula is C19H17ClFN3O4S2. The molecule has 0 radical (unpaired) electrons. The van der Waals surface area contributed by atoms with Gasteiger partial charge in [-0.3, -0.25) is 14.3 Å². The van der Waals surface area contributed by atoms with Crippen molar-refractivity contribution in [1.82, 2.24) is 4.90 Å². The predicted molar refractivity (Wildman–Crippen MR) is 113 cm³/mol. The van der Waals surface area contributed by atoms with Gasteiger partial charge in [-0.2, -0.15) is 0 Å². The van der Waals surface area contributed by atoms with Crippen LogP contribution >= 0.6 is 23.4 Å². The Morgan fingerprint density at radius 2 is 1.93 bits per heavy atom. The number of thioether (sulfide) groups is 1. The van der Waals surface area contributed by atoms with Gasteiger partial charge in [0.1, 0.15) is 5.82 Å². The Kier molecular flexibility index (Phi) is 5.65. The molecule has 158 valence electrons. The highest BCUT2D eigenvalue weighted by Crippen LogP contribution is 2.38. The summed E-state index contributed by atoms with van der Waals surface area (Å²) < 4.78 is 40.9. The molecule has 0 saturated carbocycles. The predicted octanol–water partition coefficient (Wildman–Crippen LogP) is 3.32. The van der Waals surface area contributed by atoms with Gasteiger partial charge in [-0.25, -0.2) is 12.8 Å². The number of anilines is 2. The van der Waals surface area contributed by atoms with E-state index < -0.39 is 27.0 Å². The third-order valence-corrected chi connectivity index (χ3v) is 7.76. The van der Waals surface area contributed by atoms with Crippen molar-refractivity contribution in [1.29, 1.82) is 0 Å². The van der Waals surface area contributed by atoms with Crippen molar-refractivity contribution >= 4 is 56.6 Å². The van der Waals surface area contributed by atoms with Gasteiger partial charge in [0.15, 0.2) is 5.25 Å². The molecule has 2 heterocycles. The molecule has 0 aliphatic carbocycles. The normalized spacial score (nSPS) is 18.7. The van der Waals surface area contributed by atoms with Crippen LogP contribution in [0.2, 0.25) is 5.02 Å². The van der Waals surface area contributed by atoms with E-state index in [1.165, 1.54) is 18.2 Å². The number of halogens is 2. The van der Waals surface area contributed by atoms with Crippen LogP contribution in [0, 0.1) is 5.82 Å². The lowest BCUT2D eigenvalue weighted by molar-refractivity contribution is -0.133. The van der Waals surface area contributed by atoms with Crippen LogP contribution in [-0.2, 0) is 19.6 Å². The van der Waals surface area contributed by atoms with E-state index in [1.54, 1.807) is 11.0 Å². The lowest BCUT2D eigenvalue weighted by Crippen LogP contribution is -2.43. The van der Waals surface area contributed by atoms with Crippen LogP contribution in [0.15, 0.2) is 46.2 Å². The first-order valence-electron chi connectivity index (χ1n) is 9.13. The van der Waals surface area contributed by atoms with Gasteiger partial charge in [0.05, 0.1) is 21.3 Å². The molecule has 7 nitrogen and oxygen atoms in total. The highest BCUT2D eigenvalue weighted by atomic mass is 35.5. The molecule has 0 bridgehead atoms. The Labute approximate surface area is 182 Å². The van der Waals surface area contributed by atoms with Crippen LogP contribution in [-0.4, -0.2) is 43.5 Å². The van der Waals surface area contributed by atoms with Crippen molar-refractivity contribution in [3.05, 3.63) is 47.2 Å². The molecule has 2 amide bonds. The summed E-state index contributed by atoms with van der Waals surface area (Å²) in [6.45, 7) is 1.29. The fraction of sp³-hybridized carbons (Fsp3) is 0.263. The van der Waals surface area contributed by atoms with Gasteiger partial charge >= 0.3 is 0 Å². The van der Waals surface area contributed by atoms with E-state index in [9.17, 15) is 22.4 Å². The lowest BCUT2D eigenvalue weighted by Gasteiger charge is -2.27. The largest absolute Gasteiger partial charge is 0.341 e. The summed E-state index contributed by atoms with van der Waals surface area (Å²) in [6.07, 6.45) is 1.85. The maximum atomic E-state index is 13.2. The number of fused-ring (bicyclic) bond motifs is 1. The summed E-state index contributed by atoms with van der Waals surface area (Å²) in [5, 5.41) is 1.66. The van der Waals surface area contributed by atoms with Crippen molar-refractivity contribution in [2.45, 2.75) is 27.9 Å². The second-order valence-corrected chi connectivity index (χ2v) is 10.1. The second kappa shape index (κ2) is 8.09. The minimum Gasteiger partial charge on any atom is -0.341 e. The molecule has 2 aromatic rings. The van der Waals surface area contributed by atoms with Crippen molar-refractivity contribution in [3.63, 3.8) is 0 Å². The summed E-state index contributed by atoms with van der Waals surface area (Å²) in [6, 6.07) is 7.55. The summed E-state index contributed by atoms with van der Waals surface area (Å²) in [7, 11) is -4.04. The number of likely N-dealkylation sites (tertiary alicyclic amines) is 1. The third-order valence-electron chi connectivity index (χ3n) is 4.82. The van der Waals surface area contributed by atoms with Crippen LogP contribution in [0.4, 0.5) is 15.8 Å². The number of sulfonamides is 1. The Morgan fingerprint density at radius 3 is 2.63 bits per heavy atom. The van der Waals surface area contributed by atoms with Gasteiger partial charge in [-0.1, -0.05) is 11.6 Å². The standard InChI is InChI=1S/C19H17ClFN3O4S2/c20-13-9-11(21)3-5-14(13)23-30(27,28)12-4-6-16-15(10-12)22-18(25)17(29-16)19(26)24-7-1-2-8-24/h3-6,9-10,17,23H,1-2,7-8H2,(H,22,25)/t17-/m0/s1. The van der Waals surface area contributed by atoms with E-state index in [4.69, 9.17) is 11.6 Å². The SMILES string of the molecule is O=C1Nc2cc(S(=O)(=O)Nc3ccc(F)cc3Cl)ccc2S[C@@H]1C(=O)N1CCCC1. The number of benzene rings is 2. The zero-order chi connectivity index (χ0) is 21.5. The minimum atomic E-state index is -4.04. The van der Waals surface area contributed by atoms with Gasteiger partial charge < -0.3 is 10.2 Å². The molecule has 2 aromatic carbocycles. The molecule has 4 rings (SSSR count). The number of nitrogens with zero attached hydrogens (tertiary/aromatic N) is 1. The maximum Gasteiger partial charge on any atom is 0.262 e. The average molecular weight is 470 g/mol.